The molecule has 1 fully saturated rings. The molecule has 35 heavy (non-hydrogen) atoms. The number of amides is 1. The van der Waals surface area contributed by atoms with Gasteiger partial charge in [0.25, 0.3) is 0 Å². The standard InChI is InChI=1S/C25H31F2N5O3/c1-15(2)34-21-11-23-28-12-20(32(23)13-17(21)27)18-7-6-8-22(29-18)30-19-14-31(10-9-16(19)26)24(33)35-25(3,4)5/h6-8,11-13,15-16,19H,9-10,14H2,1-5H3,(H,29,30)/t16-,19?/m0/s1. The SMILES string of the molecule is CC(C)Oc1cc2ncc(-c3cccc(NC4CN(C(=O)OC(C)(C)C)CC[C@@H]4F)n3)n2cc1F. The van der Waals surface area contributed by atoms with Gasteiger partial charge in [0.1, 0.15) is 23.2 Å². The van der Waals surface area contributed by atoms with Crippen molar-refractivity contribution in [2.24, 2.45) is 0 Å². The molecule has 0 spiro atoms. The highest BCUT2D eigenvalue weighted by molar-refractivity contribution is 5.68. The summed E-state index contributed by atoms with van der Waals surface area (Å²) in [5, 5.41) is 3.11. The first-order valence-electron chi connectivity index (χ1n) is 11.7. The molecule has 0 aliphatic carbocycles. The number of likely N-dealkylation sites (tertiary alicyclic amines) is 1. The zero-order valence-corrected chi connectivity index (χ0v) is 20.6. The van der Waals surface area contributed by atoms with E-state index in [4.69, 9.17) is 9.47 Å². The van der Waals surface area contributed by atoms with Crippen LogP contribution in [0.3, 0.4) is 0 Å². The van der Waals surface area contributed by atoms with E-state index >= 15 is 0 Å². The Balaban J connectivity index is 1.54. The Bertz CT molecular complexity index is 1210. The van der Waals surface area contributed by atoms with E-state index in [9.17, 15) is 13.6 Å². The number of carbonyl (C=O) groups excluding carboxylic acids is 1. The molecule has 1 N–H and O–H groups in total. The molecule has 4 heterocycles. The molecule has 3 aromatic heterocycles. The van der Waals surface area contributed by atoms with Crippen LogP contribution in [-0.4, -0.2) is 62.4 Å². The van der Waals surface area contributed by atoms with Gasteiger partial charge in [0.15, 0.2) is 11.6 Å². The first-order valence-corrected chi connectivity index (χ1v) is 11.7. The third-order valence-corrected chi connectivity index (χ3v) is 5.45. The maximum atomic E-state index is 14.7. The van der Waals surface area contributed by atoms with Crippen LogP contribution in [0.5, 0.6) is 5.75 Å². The van der Waals surface area contributed by atoms with Crippen molar-refractivity contribution in [3.8, 4) is 17.1 Å². The highest BCUT2D eigenvalue weighted by Gasteiger charge is 2.34. The molecule has 1 aliphatic rings. The normalized spacial score (nSPS) is 18.7. The zero-order valence-electron chi connectivity index (χ0n) is 20.6. The van der Waals surface area contributed by atoms with Crippen molar-refractivity contribution in [2.45, 2.75) is 65.0 Å². The Morgan fingerprint density at radius 2 is 2.06 bits per heavy atom. The number of nitrogens with zero attached hydrogens (tertiary/aromatic N) is 4. The molecule has 1 saturated heterocycles. The van der Waals surface area contributed by atoms with E-state index in [0.717, 1.165) is 0 Å². The van der Waals surface area contributed by atoms with Crippen LogP contribution in [0.2, 0.25) is 0 Å². The van der Waals surface area contributed by atoms with Gasteiger partial charge in [-0.3, -0.25) is 4.40 Å². The number of hydrogen-bond donors (Lipinski definition) is 1. The van der Waals surface area contributed by atoms with Crippen molar-refractivity contribution in [1.29, 1.82) is 0 Å². The number of fused-ring (bicyclic) bond motifs is 1. The molecular formula is C25H31F2N5O3. The highest BCUT2D eigenvalue weighted by Crippen LogP contribution is 2.27. The first kappa shape index (κ1) is 24.7. The number of alkyl halides is 1. The number of ether oxygens (including phenoxy) is 2. The Labute approximate surface area is 203 Å². The van der Waals surface area contributed by atoms with E-state index < -0.39 is 29.7 Å². The van der Waals surface area contributed by atoms with Gasteiger partial charge in [0.2, 0.25) is 0 Å². The minimum Gasteiger partial charge on any atom is -0.488 e. The number of halogens is 2. The van der Waals surface area contributed by atoms with E-state index in [1.165, 1.54) is 11.1 Å². The summed E-state index contributed by atoms with van der Waals surface area (Å²) >= 11 is 0. The summed E-state index contributed by atoms with van der Waals surface area (Å²) in [6, 6.07) is 6.17. The van der Waals surface area contributed by atoms with Crippen LogP contribution >= 0.6 is 0 Å². The molecule has 0 saturated carbocycles. The van der Waals surface area contributed by atoms with E-state index in [0.29, 0.717) is 22.9 Å². The Morgan fingerprint density at radius 3 is 2.77 bits per heavy atom. The number of piperidine rings is 1. The van der Waals surface area contributed by atoms with Gasteiger partial charge in [0, 0.05) is 19.2 Å². The van der Waals surface area contributed by atoms with Gasteiger partial charge < -0.3 is 19.7 Å². The van der Waals surface area contributed by atoms with Crippen LogP contribution in [0.1, 0.15) is 41.0 Å². The van der Waals surface area contributed by atoms with E-state index in [1.807, 2.05) is 13.8 Å². The number of anilines is 1. The van der Waals surface area contributed by atoms with Crippen LogP contribution in [-0.2, 0) is 4.74 Å². The third kappa shape index (κ3) is 5.80. The van der Waals surface area contributed by atoms with Gasteiger partial charge in [-0.2, -0.15) is 0 Å². The fourth-order valence-corrected chi connectivity index (χ4v) is 3.91. The molecule has 1 unspecified atom stereocenters. The summed E-state index contributed by atoms with van der Waals surface area (Å²) in [6.07, 6.45) is 1.33. The predicted octanol–water partition coefficient (Wildman–Crippen LogP) is 5.08. The Morgan fingerprint density at radius 1 is 1.29 bits per heavy atom. The summed E-state index contributed by atoms with van der Waals surface area (Å²) in [6.45, 7) is 9.47. The quantitative estimate of drug-likeness (QED) is 0.541. The second-order valence-electron chi connectivity index (χ2n) is 9.91. The monoisotopic (exact) mass is 487 g/mol. The van der Waals surface area contributed by atoms with E-state index in [-0.39, 0.29) is 31.4 Å². The van der Waals surface area contributed by atoms with Crippen LogP contribution < -0.4 is 10.1 Å². The molecule has 2 atom stereocenters. The molecule has 0 aromatic carbocycles. The lowest BCUT2D eigenvalue weighted by molar-refractivity contribution is 0.0150. The summed E-state index contributed by atoms with van der Waals surface area (Å²) < 4.78 is 41.9. The molecular weight excluding hydrogens is 456 g/mol. The second-order valence-corrected chi connectivity index (χ2v) is 9.91. The summed E-state index contributed by atoms with van der Waals surface area (Å²) in [5.41, 5.74) is 1.00. The minimum absolute atomic E-state index is 0.133. The fraction of sp³-hybridized carbons (Fsp3) is 0.480. The third-order valence-electron chi connectivity index (χ3n) is 5.45. The largest absolute Gasteiger partial charge is 0.488 e. The Kier molecular flexibility index (Phi) is 6.82. The smallest absolute Gasteiger partial charge is 0.410 e. The van der Waals surface area contributed by atoms with Gasteiger partial charge in [-0.1, -0.05) is 6.07 Å². The average molecular weight is 488 g/mol. The number of aromatic nitrogens is 3. The van der Waals surface area contributed by atoms with Gasteiger partial charge in [-0.25, -0.2) is 23.5 Å². The van der Waals surface area contributed by atoms with Crippen LogP contribution in [0.25, 0.3) is 17.0 Å². The fourth-order valence-electron chi connectivity index (χ4n) is 3.91. The van der Waals surface area contributed by atoms with Crippen LogP contribution in [0.15, 0.2) is 36.7 Å². The van der Waals surface area contributed by atoms with Gasteiger partial charge in [-0.15, -0.1) is 0 Å². The van der Waals surface area contributed by atoms with Crippen LogP contribution in [0.4, 0.5) is 19.4 Å². The van der Waals surface area contributed by atoms with E-state index in [1.54, 1.807) is 55.6 Å². The van der Waals surface area contributed by atoms with Crippen molar-refractivity contribution in [3.63, 3.8) is 0 Å². The minimum atomic E-state index is -1.15. The van der Waals surface area contributed by atoms with Crippen LogP contribution in [0, 0.1) is 5.82 Å². The number of pyridine rings is 2. The first-order chi connectivity index (χ1) is 16.5. The maximum Gasteiger partial charge on any atom is 0.410 e. The second kappa shape index (κ2) is 9.67. The molecule has 0 radical (unpaired) electrons. The molecule has 4 rings (SSSR count). The molecule has 0 bridgehead atoms. The number of nitrogens with one attached hydrogen (secondary N) is 1. The molecule has 3 aromatic rings. The Hall–Kier alpha value is -3.43. The maximum absolute atomic E-state index is 14.7. The van der Waals surface area contributed by atoms with Crippen molar-refractivity contribution in [1.82, 2.24) is 19.3 Å². The summed E-state index contributed by atoms with van der Waals surface area (Å²) in [7, 11) is 0. The molecule has 10 heteroatoms. The number of carbonyl (C=O) groups is 1. The lowest BCUT2D eigenvalue weighted by Gasteiger charge is -2.36. The molecule has 8 nitrogen and oxygen atoms in total. The highest BCUT2D eigenvalue weighted by atomic mass is 19.1. The average Bonchev–Trinajstić information content (AvgIpc) is 3.16. The number of imidazole rings is 1. The lowest BCUT2D eigenvalue weighted by Crippen LogP contribution is -2.52. The summed E-state index contributed by atoms with van der Waals surface area (Å²) in [4.78, 5) is 22.9. The number of hydrogen-bond acceptors (Lipinski definition) is 6. The van der Waals surface area contributed by atoms with Gasteiger partial charge in [-0.05, 0) is 53.2 Å². The molecule has 188 valence electrons. The van der Waals surface area contributed by atoms with Crippen molar-refractivity contribution >= 4 is 17.6 Å². The summed E-state index contributed by atoms with van der Waals surface area (Å²) in [5.74, 6) is 0.0645. The van der Waals surface area contributed by atoms with Crippen molar-refractivity contribution < 1.29 is 23.0 Å². The predicted molar refractivity (Wildman–Crippen MR) is 129 cm³/mol. The molecule has 1 aliphatic heterocycles. The van der Waals surface area contributed by atoms with Gasteiger partial charge >= 0.3 is 6.09 Å². The lowest BCUT2D eigenvalue weighted by atomic mass is 10.0. The van der Waals surface area contributed by atoms with Crippen molar-refractivity contribution in [3.05, 3.63) is 42.5 Å². The number of rotatable bonds is 5. The van der Waals surface area contributed by atoms with E-state index in [2.05, 4.69) is 15.3 Å². The molecule has 1 amide bonds. The zero-order chi connectivity index (χ0) is 25.3. The topological polar surface area (TPSA) is 81.0 Å². The van der Waals surface area contributed by atoms with Gasteiger partial charge in [0.05, 0.1) is 35.9 Å². The van der Waals surface area contributed by atoms with Crippen molar-refractivity contribution in [2.75, 3.05) is 18.4 Å².